The van der Waals surface area contributed by atoms with Gasteiger partial charge in [-0.15, -0.1) is 0 Å². The zero-order valence-corrected chi connectivity index (χ0v) is 13.7. The number of hydrogen-bond acceptors (Lipinski definition) is 3. The highest BCUT2D eigenvalue weighted by atomic mass is 28.4. The van der Waals surface area contributed by atoms with Crippen molar-refractivity contribution in [2.75, 3.05) is 0 Å². The highest BCUT2D eigenvalue weighted by Crippen LogP contribution is 2.43. The first kappa shape index (κ1) is 14.5. The summed E-state index contributed by atoms with van der Waals surface area (Å²) in [4.78, 5) is 4.42. The van der Waals surface area contributed by atoms with E-state index < -0.39 is 8.32 Å². The van der Waals surface area contributed by atoms with Gasteiger partial charge in [-0.2, -0.15) is 0 Å². The SMILES string of the molecule is CC(C)(C)[Si](C)(C)OCc1cc(O)c(C2CC2)cn1. The van der Waals surface area contributed by atoms with Gasteiger partial charge in [0, 0.05) is 17.8 Å². The minimum Gasteiger partial charge on any atom is -0.508 e. The van der Waals surface area contributed by atoms with Crippen molar-refractivity contribution in [1.29, 1.82) is 0 Å². The number of aromatic hydroxyl groups is 1. The topological polar surface area (TPSA) is 42.4 Å². The fraction of sp³-hybridized carbons (Fsp3) is 0.667. The minimum atomic E-state index is -1.75. The van der Waals surface area contributed by atoms with E-state index in [-0.39, 0.29) is 5.04 Å². The molecule has 0 spiro atoms. The first-order valence-electron chi connectivity index (χ1n) is 7.02. The molecule has 0 bridgehead atoms. The molecule has 3 nitrogen and oxygen atoms in total. The van der Waals surface area contributed by atoms with Gasteiger partial charge in [0.1, 0.15) is 5.75 Å². The zero-order chi connectivity index (χ0) is 14.3. The van der Waals surface area contributed by atoms with Crippen molar-refractivity contribution in [3.8, 4) is 5.75 Å². The van der Waals surface area contributed by atoms with Crippen molar-refractivity contribution in [2.45, 2.75) is 64.3 Å². The molecule has 1 fully saturated rings. The molecule has 1 aliphatic rings. The van der Waals surface area contributed by atoms with Crippen molar-refractivity contribution in [3.63, 3.8) is 0 Å². The van der Waals surface area contributed by atoms with E-state index in [0.717, 1.165) is 11.3 Å². The standard InChI is InChI=1S/C15H25NO2Si/c1-15(2,3)19(4,5)18-10-12-8-14(17)13(9-16-12)11-6-7-11/h8-9,11H,6-7,10H2,1-5H3,(H,16,17). The lowest BCUT2D eigenvalue weighted by Gasteiger charge is -2.36. The molecule has 19 heavy (non-hydrogen) atoms. The van der Waals surface area contributed by atoms with E-state index in [1.807, 2.05) is 6.20 Å². The van der Waals surface area contributed by atoms with Crippen LogP contribution < -0.4 is 0 Å². The van der Waals surface area contributed by atoms with Crippen LogP contribution in [-0.4, -0.2) is 18.4 Å². The summed E-state index contributed by atoms with van der Waals surface area (Å²) in [5, 5.41) is 10.2. The van der Waals surface area contributed by atoms with Gasteiger partial charge in [-0.25, -0.2) is 0 Å². The molecule has 0 radical (unpaired) electrons. The molecule has 0 aliphatic heterocycles. The van der Waals surface area contributed by atoms with Crippen molar-refractivity contribution in [3.05, 3.63) is 23.5 Å². The van der Waals surface area contributed by atoms with Crippen molar-refractivity contribution in [2.24, 2.45) is 0 Å². The maximum absolute atomic E-state index is 10.0. The Balaban J connectivity index is 2.02. The Morgan fingerprint density at radius 2 is 2.00 bits per heavy atom. The van der Waals surface area contributed by atoms with Crippen LogP contribution in [0.5, 0.6) is 5.75 Å². The number of pyridine rings is 1. The minimum absolute atomic E-state index is 0.197. The average molecular weight is 279 g/mol. The maximum atomic E-state index is 10.0. The fourth-order valence-corrected chi connectivity index (χ4v) is 2.70. The molecule has 1 aromatic rings. The van der Waals surface area contributed by atoms with Crippen LogP contribution >= 0.6 is 0 Å². The maximum Gasteiger partial charge on any atom is 0.192 e. The van der Waals surface area contributed by atoms with Gasteiger partial charge in [0.15, 0.2) is 8.32 Å². The lowest BCUT2D eigenvalue weighted by molar-refractivity contribution is 0.271. The molecular formula is C15H25NO2Si. The van der Waals surface area contributed by atoms with Gasteiger partial charge in [-0.3, -0.25) is 4.98 Å². The Labute approximate surface area is 117 Å². The molecule has 106 valence electrons. The predicted molar refractivity (Wildman–Crippen MR) is 79.9 cm³/mol. The van der Waals surface area contributed by atoms with Crippen LogP contribution in [0, 0.1) is 0 Å². The van der Waals surface area contributed by atoms with Crippen molar-refractivity contribution < 1.29 is 9.53 Å². The third-order valence-electron chi connectivity index (χ3n) is 4.37. The summed E-state index contributed by atoms with van der Waals surface area (Å²) < 4.78 is 6.12. The molecule has 2 rings (SSSR count). The second-order valence-corrected chi connectivity index (χ2v) is 11.9. The average Bonchev–Trinajstić information content (AvgIpc) is 3.09. The summed E-state index contributed by atoms with van der Waals surface area (Å²) in [5.41, 5.74) is 1.82. The second kappa shape index (κ2) is 4.91. The van der Waals surface area contributed by atoms with Gasteiger partial charge in [0.25, 0.3) is 0 Å². The third-order valence-corrected chi connectivity index (χ3v) is 8.85. The van der Waals surface area contributed by atoms with Crippen LogP contribution in [-0.2, 0) is 11.0 Å². The normalized spacial score (nSPS) is 16.7. The second-order valence-electron chi connectivity index (χ2n) is 7.06. The van der Waals surface area contributed by atoms with Gasteiger partial charge in [-0.1, -0.05) is 20.8 Å². The zero-order valence-electron chi connectivity index (χ0n) is 12.7. The van der Waals surface area contributed by atoms with Crippen LogP contribution in [0.25, 0.3) is 0 Å². The molecule has 0 atom stereocenters. The summed E-state index contributed by atoms with van der Waals surface area (Å²) >= 11 is 0. The van der Waals surface area contributed by atoms with Crippen LogP contribution in [0.1, 0.15) is 50.8 Å². The molecule has 1 heterocycles. The summed E-state index contributed by atoms with van der Waals surface area (Å²) in [7, 11) is -1.75. The van der Waals surface area contributed by atoms with Crippen LogP contribution in [0.4, 0.5) is 0 Å². The Morgan fingerprint density at radius 3 is 2.47 bits per heavy atom. The number of rotatable bonds is 4. The van der Waals surface area contributed by atoms with E-state index in [2.05, 4.69) is 38.8 Å². The number of nitrogens with zero attached hydrogens (tertiary/aromatic N) is 1. The molecule has 4 heteroatoms. The molecular weight excluding hydrogens is 254 g/mol. The monoisotopic (exact) mass is 279 g/mol. The Hall–Kier alpha value is -0.873. The molecule has 1 aromatic heterocycles. The Bertz CT molecular complexity index is 462. The van der Waals surface area contributed by atoms with Gasteiger partial charge < -0.3 is 9.53 Å². The Morgan fingerprint density at radius 1 is 1.37 bits per heavy atom. The molecule has 1 N–H and O–H groups in total. The van der Waals surface area contributed by atoms with E-state index in [1.54, 1.807) is 6.07 Å². The van der Waals surface area contributed by atoms with Gasteiger partial charge in [-0.05, 0) is 36.9 Å². The van der Waals surface area contributed by atoms with Gasteiger partial charge >= 0.3 is 0 Å². The van der Waals surface area contributed by atoms with E-state index in [0.29, 0.717) is 18.3 Å². The predicted octanol–water partition coefficient (Wildman–Crippen LogP) is 4.19. The lowest BCUT2D eigenvalue weighted by Crippen LogP contribution is -2.40. The summed E-state index contributed by atoms with van der Waals surface area (Å²) in [6, 6.07) is 1.76. The van der Waals surface area contributed by atoms with Crippen molar-refractivity contribution >= 4 is 8.32 Å². The summed E-state index contributed by atoms with van der Waals surface area (Å²) in [6.45, 7) is 11.6. The van der Waals surface area contributed by atoms with Crippen LogP contribution in [0.3, 0.4) is 0 Å². The molecule has 0 saturated heterocycles. The Kier molecular flexibility index (Phi) is 3.75. The van der Waals surface area contributed by atoms with E-state index >= 15 is 0 Å². The highest BCUT2D eigenvalue weighted by Gasteiger charge is 2.37. The number of hydrogen-bond donors (Lipinski definition) is 1. The molecule has 1 aliphatic carbocycles. The van der Waals surface area contributed by atoms with Crippen molar-refractivity contribution in [1.82, 2.24) is 4.98 Å². The van der Waals surface area contributed by atoms with Gasteiger partial charge in [0.2, 0.25) is 0 Å². The highest BCUT2D eigenvalue weighted by molar-refractivity contribution is 6.74. The molecule has 0 unspecified atom stereocenters. The van der Waals surface area contributed by atoms with E-state index in [1.165, 1.54) is 12.8 Å². The van der Waals surface area contributed by atoms with E-state index in [4.69, 9.17) is 4.43 Å². The van der Waals surface area contributed by atoms with Gasteiger partial charge in [0.05, 0.1) is 12.3 Å². The number of aromatic nitrogens is 1. The largest absolute Gasteiger partial charge is 0.508 e. The van der Waals surface area contributed by atoms with Crippen LogP contribution in [0.2, 0.25) is 18.1 Å². The first-order valence-corrected chi connectivity index (χ1v) is 9.93. The van der Waals surface area contributed by atoms with Crippen LogP contribution in [0.15, 0.2) is 12.3 Å². The summed E-state index contributed by atoms with van der Waals surface area (Å²) in [5.74, 6) is 0.911. The third kappa shape index (κ3) is 3.36. The lowest BCUT2D eigenvalue weighted by atomic mass is 10.1. The fourth-order valence-electron chi connectivity index (χ4n) is 1.76. The smallest absolute Gasteiger partial charge is 0.192 e. The molecule has 0 aromatic carbocycles. The summed E-state index contributed by atoms with van der Waals surface area (Å²) in [6.07, 6.45) is 4.17. The quantitative estimate of drug-likeness (QED) is 0.840. The molecule has 0 amide bonds. The first-order chi connectivity index (χ1) is 8.71. The molecule has 1 saturated carbocycles. The van der Waals surface area contributed by atoms with E-state index in [9.17, 15) is 5.11 Å².